The number of H-pyrrole nitrogens is 1. The molecule has 2 heterocycles. The molecular formula is C17H21FN2O. The molecule has 0 saturated carbocycles. The van der Waals surface area contributed by atoms with Crippen LogP contribution in [0.1, 0.15) is 37.0 Å². The van der Waals surface area contributed by atoms with Crippen molar-refractivity contribution in [2.75, 3.05) is 13.1 Å². The Bertz CT molecular complexity index is 668. The zero-order valence-corrected chi connectivity index (χ0v) is 12.5. The minimum atomic E-state index is -0.384. The van der Waals surface area contributed by atoms with Crippen molar-refractivity contribution in [3.8, 4) is 0 Å². The van der Waals surface area contributed by atoms with E-state index in [0.717, 1.165) is 24.8 Å². The van der Waals surface area contributed by atoms with Crippen molar-refractivity contribution in [3.63, 3.8) is 0 Å². The number of nitrogens with one attached hydrogen (secondary N) is 2. The second-order valence-corrected chi connectivity index (χ2v) is 6.53. The minimum Gasteiger partial charge on any atom is -0.359 e. The molecule has 1 fully saturated rings. The Morgan fingerprint density at radius 3 is 2.90 bits per heavy atom. The van der Waals surface area contributed by atoms with Gasteiger partial charge in [-0.1, -0.05) is 13.8 Å². The van der Waals surface area contributed by atoms with E-state index < -0.39 is 0 Å². The molecular weight excluding hydrogens is 267 g/mol. The van der Waals surface area contributed by atoms with Crippen LogP contribution in [-0.2, 0) is 0 Å². The first-order chi connectivity index (χ1) is 10.0. The fourth-order valence-corrected chi connectivity index (χ4v) is 3.55. The highest BCUT2D eigenvalue weighted by molar-refractivity contribution is 6.03. The number of ketones is 1. The molecule has 1 aliphatic rings. The number of fused-ring (bicyclic) bond motifs is 1. The Morgan fingerprint density at radius 2 is 2.24 bits per heavy atom. The van der Waals surface area contributed by atoms with Crippen LogP contribution in [0.15, 0.2) is 24.4 Å². The van der Waals surface area contributed by atoms with E-state index in [2.05, 4.69) is 24.1 Å². The largest absolute Gasteiger partial charge is 0.359 e. The summed E-state index contributed by atoms with van der Waals surface area (Å²) in [5, 5.41) is 4.05. The van der Waals surface area contributed by atoms with Crippen molar-refractivity contribution in [2.45, 2.75) is 26.7 Å². The van der Waals surface area contributed by atoms with Crippen molar-refractivity contribution < 1.29 is 9.18 Å². The smallest absolute Gasteiger partial charge is 0.170 e. The molecule has 4 heteroatoms. The number of aromatic nitrogens is 1. The molecule has 0 amide bonds. The van der Waals surface area contributed by atoms with Gasteiger partial charge in [-0.05, 0) is 43.5 Å². The summed E-state index contributed by atoms with van der Waals surface area (Å²) < 4.78 is 14.1. The predicted molar refractivity (Wildman–Crippen MR) is 82.0 cm³/mol. The maximum Gasteiger partial charge on any atom is 0.170 e. The standard InChI is InChI=1S/C17H21FN2O/c1-11(2)9-17(4-6-19-10-17)16(21)13-7-12-3-5-20-15(12)14(18)8-13/h3,5,7-8,11,19-20H,4,6,9-10H2,1-2H3/t17-/m1/s1. The fraction of sp³-hybridized carbons (Fsp3) is 0.471. The van der Waals surface area contributed by atoms with Gasteiger partial charge < -0.3 is 10.3 Å². The third-order valence-electron chi connectivity index (χ3n) is 4.40. The van der Waals surface area contributed by atoms with E-state index in [9.17, 15) is 9.18 Å². The first kappa shape index (κ1) is 14.3. The van der Waals surface area contributed by atoms with E-state index >= 15 is 0 Å². The lowest BCUT2D eigenvalue weighted by Gasteiger charge is -2.28. The van der Waals surface area contributed by atoms with Crippen molar-refractivity contribution >= 4 is 16.7 Å². The zero-order chi connectivity index (χ0) is 15.0. The quantitative estimate of drug-likeness (QED) is 0.846. The number of halogens is 1. The van der Waals surface area contributed by atoms with Gasteiger partial charge in [0.25, 0.3) is 0 Å². The normalized spacial score (nSPS) is 22.3. The molecule has 0 aliphatic carbocycles. The molecule has 0 bridgehead atoms. The van der Waals surface area contributed by atoms with Gasteiger partial charge in [-0.15, -0.1) is 0 Å². The third kappa shape index (κ3) is 2.48. The van der Waals surface area contributed by atoms with Crippen LogP contribution < -0.4 is 5.32 Å². The predicted octanol–water partition coefficient (Wildman–Crippen LogP) is 3.52. The van der Waals surface area contributed by atoms with Crippen LogP contribution in [-0.4, -0.2) is 23.9 Å². The number of hydrogen-bond acceptors (Lipinski definition) is 2. The van der Waals surface area contributed by atoms with Gasteiger partial charge in [-0.25, -0.2) is 4.39 Å². The number of aromatic amines is 1. The van der Waals surface area contributed by atoms with Gasteiger partial charge in [-0.2, -0.15) is 0 Å². The zero-order valence-electron chi connectivity index (χ0n) is 12.5. The lowest BCUT2D eigenvalue weighted by molar-refractivity contribution is 0.0782. The molecule has 1 atom stereocenters. The number of Topliss-reactive ketones (excluding diaryl/α,β-unsaturated/α-hetero) is 1. The summed E-state index contributed by atoms with van der Waals surface area (Å²) in [5.74, 6) is 0.157. The average molecular weight is 288 g/mol. The minimum absolute atomic E-state index is 0.0724. The van der Waals surface area contributed by atoms with Gasteiger partial charge in [0.1, 0.15) is 5.82 Å². The van der Waals surface area contributed by atoms with Gasteiger partial charge in [0.2, 0.25) is 0 Å². The molecule has 1 aromatic heterocycles. The number of hydrogen-bond donors (Lipinski definition) is 2. The molecule has 3 nitrogen and oxygen atoms in total. The number of carbonyl (C=O) groups is 1. The van der Waals surface area contributed by atoms with E-state index in [1.807, 2.05) is 0 Å². The first-order valence-electron chi connectivity index (χ1n) is 7.54. The highest BCUT2D eigenvalue weighted by Crippen LogP contribution is 2.37. The van der Waals surface area contributed by atoms with Gasteiger partial charge in [-0.3, -0.25) is 4.79 Å². The molecule has 112 valence electrons. The summed E-state index contributed by atoms with van der Waals surface area (Å²) in [6, 6.07) is 4.98. The summed E-state index contributed by atoms with van der Waals surface area (Å²) in [5.41, 5.74) is 0.572. The summed E-state index contributed by atoms with van der Waals surface area (Å²) >= 11 is 0. The molecule has 0 spiro atoms. The van der Waals surface area contributed by atoms with Gasteiger partial charge in [0.05, 0.1) is 5.52 Å². The number of rotatable bonds is 4. The van der Waals surface area contributed by atoms with Crippen LogP contribution in [0.4, 0.5) is 4.39 Å². The molecule has 21 heavy (non-hydrogen) atoms. The van der Waals surface area contributed by atoms with Gasteiger partial charge >= 0.3 is 0 Å². The van der Waals surface area contributed by atoms with E-state index in [-0.39, 0.29) is 17.0 Å². The van der Waals surface area contributed by atoms with Crippen LogP contribution in [0.2, 0.25) is 0 Å². The van der Waals surface area contributed by atoms with E-state index in [1.165, 1.54) is 6.07 Å². The van der Waals surface area contributed by atoms with Crippen LogP contribution in [0, 0.1) is 17.2 Å². The Kier molecular flexibility index (Phi) is 3.57. The maximum absolute atomic E-state index is 14.1. The van der Waals surface area contributed by atoms with Crippen LogP contribution in [0.3, 0.4) is 0 Å². The van der Waals surface area contributed by atoms with Crippen LogP contribution in [0.5, 0.6) is 0 Å². The van der Waals surface area contributed by atoms with Crippen molar-refractivity contribution in [1.82, 2.24) is 10.3 Å². The van der Waals surface area contributed by atoms with E-state index in [1.54, 1.807) is 18.3 Å². The summed E-state index contributed by atoms with van der Waals surface area (Å²) in [7, 11) is 0. The lowest BCUT2D eigenvalue weighted by atomic mass is 9.73. The Labute approximate surface area is 123 Å². The molecule has 2 aromatic rings. The summed E-state index contributed by atoms with van der Waals surface area (Å²) in [6.07, 6.45) is 3.37. The van der Waals surface area contributed by atoms with Crippen molar-refractivity contribution in [1.29, 1.82) is 0 Å². The Morgan fingerprint density at radius 1 is 1.43 bits per heavy atom. The second-order valence-electron chi connectivity index (χ2n) is 6.53. The number of carbonyl (C=O) groups excluding carboxylic acids is 1. The lowest BCUT2D eigenvalue weighted by Crippen LogP contribution is -2.35. The SMILES string of the molecule is CC(C)C[C@]1(C(=O)c2cc(F)c3[nH]ccc3c2)CCNC1. The van der Waals surface area contributed by atoms with Gasteiger partial charge in [0.15, 0.2) is 5.78 Å². The van der Waals surface area contributed by atoms with Gasteiger partial charge in [0, 0.05) is 29.1 Å². The molecule has 0 radical (unpaired) electrons. The molecule has 1 aromatic carbocycles. The van der Waals surface area contributed by atoms with E-state index in [4.69, 9.17) is 0 Å². The summed E-state index contributed by atoms with van der Waals surface area (Å²) in [4.78, 5) is 15.9. The molecule has 0 unspecified atom stereocenters. The number of benzene rings is 1. The topological polar surface area (TPSA) is 44.9 Å². The van der Waals surface area contributed by atoms with Crippen molar-refractivity contribution in [3.05, 3.63) is 35.8 Å². The Hall–Kier alpha value is -1.68. The maximum atomic E-state index is 14.1. The first-order valence-corrected chi connectivity index (χ1v) is 7.54. The van der Waals surface area contributed by atoms with Crippen molar-refractivity contribution in [2.24, 2.45) is 11.3 Å². The van der Waals surface area contributed by atoms with E-state index in [0.29, 0.717) is 23.5 Å². The average Bonchev–Trinajstić information content (AvgIpc) is 3.06. The van der Waals surface area contributed by atoms with Crippen LogP contribution in [0.25, 0.3) is 10.9 Å². The Balaban J connectivity index is 2.01. The highest BCUT2D eigenvalue weighted by atomic mass is 19.1. The third-order valence-corrected chi connectivity index (χ3v) is 4.40. The van der Waals surface area contributed by atoms with Crippen LogP contribution >= 0.6 is 0 Å². The highest BCUT2D eigenvalue weighted by Gasteiger charge is 2.41. The molecule has 3 rings (SSSR count). The molecule has 2 N–H and O–H groups in total. The second kappa shape index (κ2) is 5.26. The fourth-order valence-electron chi connectivity index (χ4n) is 3.55. The summed E-state index contributed by atoms with van der Waals surface area (Å²) in [6.45, 7) is 5.80. The monoisotopic (exact) mass is 288 g/mol. The molecule has 1 saturated heterocycles. The molecule has 1 aliphatic heterocycles.